The number of hydrogen-bond acceptors (Lipinski definition) is 7. The summed E-state index contributed by atoms with van der Waals surface area (Å²) in [6.45, 7) is -1.21. The molecule has 12 heteroatoms. The highest BCUT2D eigenvalue weighted by Crippen LogP contribution is 2.58. The Kier molecular flexibility index (Phi) is 4.06. The number of rotatable bonds is 6. The number of esters is 2. The van der Waals surface area contributed by atoms with Gasteiger partial charge in [-0.2, -0.15) is 17.6 Å². The molecule has 2 saturated carbocycles. The molecule has 5 atom stereocenters. The topological polar surface area (TPSA) is 110 Å². The molecule has 1 heterocycles. The van der Waals surface area contributed by atoms with Crippen LogP contribution >= 0.6 is 0 Å². The fourth-order valence-electron chi connectivity index (χ4n) is 4.03. The van der Waals surface area contributed by atoms with Gasteiger partial charge in [0, 0.05) is 5.92 Å². The second kappa shape index (κ2) is 5.53. The van der Waals surface area contributed by atoms with Crippen LogP contribution in [0.1, 0.15) is 19.3 Å². The third kappa shape index (κ3) is 2.69. The SMILES string of the molecule is O=C(OCCC(F)(F)C(F)(F)S(=O)(=O)[O-])C1C2CC3OC(=O)C1C3C2. The minimum absolute atomic E-state index is 0.133. The van der Waals surface area contributed by atoms with Crippen LogP contribution in [0.25, 0.3) is 0 Å². The lowest BCUT2D eigenvalue weighted by Gasteiger charge is -2.28. The van der Waals surface area contributed by atoms with Crippen LogP contribution in [0.3, 0.4) is 0 Å². The molecular formula is C13H13F4O7S-. The highest BCUT2D eigenvalue weighted by Gasteiger charge is 2.65. The number of alkyl halides is 4. The smallest absolute Gasteiger partial charge is 0.396 e. The lowest BCUT2D eigenvalue weighted by molar-refractivity contribution is -0.177. The fourth-order valence-corrected chi connectivity index (χ4v) is 4.50. The molecule has 142 valence electrons. The molecule has 0 aromatic rings. The van der Waals surface area contributed by atoms with Crippen LogP contribution in [0.5, 0.6) is 0 Å². The van der Waals surface area contributed by atoms with Gasteiger partial charge in [-0.3, -0.25) is 9.59 Å². The van der Waals surface area contributed by atoms with Crippen molar-refractivity contribution in [1.29, 1.82) is 0 Å². The predicted molar refractivity (Wildman–Crippen MR) is 68.2 cm³/mol. The average molecular weight is 389 g/mol. The van der Waals surface area contributed by atoms with Crippen LogP contribution in [0.15, 0.2) is 0 Å². The lowest BCUT2D eigenvalue weighted by atomic mass is 9.80. The van der Waals surface area contributed by atoms with E-state index in [2.05, 4.69) is 4.74 Å². The molecule has 3 rings (SSSR count). The van der Waals surface area contributed by atoms with Crippen molar-refractivity contribution in [3.63, 3.8) is 0 Å². The fraction of sp³-hybridized carbons (Fsp3) is 0.846. The molecule has 0 aromatic carbocycles. The molecule has 1 saturated heterocycles. The van der Waals surface area contributed by atoms with Gasteiger partial charge in [0.15, 0.2) is 10.1 Å². The van der Waals surface area contributed by atoms with Crippen molar-refractivity contribution in [1.82, 2.24) is 0 Å². The summed E-state index contributed by atoms with van der Waals surface area (Å²) in [7, 11) is -6.58. The quantitative estimate of drug-likeness (QED) is 0.377. The van der Waals surface area contributed by atoms with Gasteiger partial charge in [0.2, 0.25) is 0 Å². The van der Waals surface area contributed by atoms with E-state index in [1.54, 1.807) is 0 Å². The summed E-state index contributed by atoms with van der Waals surface area (Å²) in [5, 5.41) is -5.82. The second-order valence-corrected chi connectivity index (χ2v) is 7.94. The summed E-state index contributed by atoms with van der Waals surface area (Å²) in [6, 6.07) is 0. The van der Waals surface area contributed by atoms with E-state index in [0.717, 1.165) is 0 Å². The standard InChI is InChI=1S/C13H14F4O7S/c14-12(15,13(16,17)25(20,21)22)1-2-23-10(18)8-5-3-6-7(4-5)24-11(19)9(6)8/h5-9H,1-4H2,(H,20,21,22)/p-1. The molecule has 1 aliphatic heterocycles. The molecule has 2 bridgehead atoms. The van der Waals surface area contributed by atoms with Gasteiger partial charge in [0.1, 0.15) is 6.10 Å². The second-order valence-electron chi connectivity index (χ2n) is 6.52. The van der Waals surface area contributed by atoms with Crippen molar-refractivity contribution >= 4 is 22.1 Å². The normalized spacial score (nSPS) is 34.3. The van der Waals surface area contributed by atoms with Crippen LogP contribution in [0.2, 0.25) is 0 Å². The van der Waals surface area contributed by atoms with Crippen LogP contribution in [-0.4, -0.2) is 48.8 Å². The summed E-state index contributed by atoms with van der Waals surface area (Å²) in [5.41, 5.74) is 0. The Labute approximate surface area is 139 Å². The van der Waals surface area contributed by atoms with E-state index in [4.69, 9.17) is 4.74 Å². The Morgan fingerprint density at radius 2 is 1.92 bits per heavy atom. The van der Waals surface area contributed by atoms with E-state index in [1.807, 2.05) is 0 Å². The zero-order valence-electron chi connectivity index (χ0n) is 12.5. The van der Waals surface area contributed by atoms with E-state index in [9.17, 15) is 40.1 Å². The Morgan fingerprint density at radius 3 is 2.52 bits per heavy atom. The molecule has 5 unspecified atom stereocenters. The summed E-state index contributed by atoms with van der Waals surface area (Å²) in [6.07, 6.45) is -1.08. The van der Waals surface area contributed by atoms with Gasteiger partial charge in [-0.05, 0) is 18.8 Å². The predicted octanol–water partition coefficient (Wildman–Crippen LogP) is 0.891. The molecule has 0 radical (unpaired) electrons. The van der Waals surface area contributed by atoms with Crippen LogP contribution < -0.4 is 0 Å². The van der Waals surface area contributed by atoms with Crippen molar-refractivity contribution in [2.45, 2.75) is 36.5 Å². The molecule has 25 heavy (non-hydrogen) atoms. The number of fused-ring (bicyclic) bond motifs is 1. The Balaban J connectivity index is 1.60. The highest BCUT2D eigenvalue weighted by molar-refractivity contribution is 7.86. The first-order chi connectivity index (χ1) is 11.4. The number of carbonyl (C=O) groups is 2. The Bertz CT molecular complexity index is 705. The van der Waals surface area contributed by atoms with Gasteiger partial charge in [0.25, 0.3) is 0 Å². The first-order valence-corrected chi connectivity index (χ1v) is 8.86. The molecule has 0 spiro atoms. The van der Waals surface area contributed by atoms with Crippen LogP contribution in [0.4, 0.5) is 17.6 Å². The van der Waals surface area contributed by atoms with E-state index < -0.39 is 58.1 Å². The number of halogens is 4. The van der Waals surface area contributed by atoms with Gasteiger partial charge in [-0.15, -0.1) is 0 Å². The largest absolute Gasteiger partial charge is 0.743 e. The van der Waals surface area contributed by atoms with Crippen molar-refractivity contribution in [2.75, 3.05) is 6.61 Å². The molecule has 3 fully saturated rings. The zero-order valence-corrected chi connectivity index (χ0v) is 13.3. The molecule has 7 nitrogen and oxygen atoms in total. The lowest BCUT2D eigenvalue weighted by Crippen LogP contribution is -2.47. The van der Waals surface area contributed by atoms with E-state index in [0.29, 0.717) is 12.8 Å². The summed E-state index contributed by atoms with van der Waals surface area (Å²) in [4.78, 5) is 23.8. The molecule has 0 N–H and O–H groups in total. The first-order valence-electron chi connectivity index (χ1n) is 7.45. The maximum absolute atomic E-state index is 13.3. The van der Waals surface area contributed by atoms with Crippen molar-refractivity contribution < 1.29 is 49.6 Å². The third-order valence-corrected chi connectivity index (χ3v) is 6.08. The Hall–Kier alpha value is -1.43. The van der Waals surface area contributed by atoms with E-state index in [1.165, 1.54) is 0 Å². The molecule has 3 aliphatic rings. The van der Waals surface area contributed by atoms with Gasteiger partial charge in [-0.1, -0.05) is 0 Å². The summed E-state index contributed by atoms with van der Waals surface area (Å²) >= 11 is 0. The van der Waals surface area contributed by atoms with Gasteiger partial charge in [0.05, 0.1) is 24.9 Å². The number of ether oxygens (including phenoxy) is 2. The van der Waals surface area contributed by atoms with Gasteiger partial charge < -0.3 is 14.0 Å². The molecule has 0 amide bonds. The molecule has 0 aromatic heterocycles. The Morgan fingerprint density at radius 1 is 1.28 bits per heavy atom. The maximum atomic E-state index is 13.3. The number of hydrogen-bond donors (Lipinski definition) is 0. The number of carbonyl (C=O) groups excluding carboxylic acids is 2. The van der Waals surface area contributed by atoms with E-state index in [-0.39, 0.29) is 17.9 Å². The summed E-state index contributed by atoms with van der Waals surface area (Å²) in [5.74, 6) is -8.69. The highest BCUT2D eigenvalue weighted by atomic mass is 32.2. The van der Waals surface area contributed by atoms with Crippen LogP contribution in [-0.2, 0) is 29.2 Å². The zero-order chi connectivity index (χ0) is 18.8. The third-order valence-electron chi connectivity index (χ3n) is 5.16. The molecular weight excluding hydrogens is 376 g/mol. The van der Waals surface area contributed by atoms with Gasteiger partial charge >= 0.3 is 23.1 Å². The van der Waals surface area contributed by atoms with Crippen molar-refractivity contribution in [3.8, 4) is 0 Å². The first kappa shape index (κ1) is 18.4. The van der Waals surface area contributed by atoms with Gasteiger partial charge in [-0.25, -0.2) is 8.42 Å². The average Bonchev–Trinajstić information content (AvgIpc) is 3.06. The molecule has 2 aliphatic carbocycles. The minimum Gasteiger partial charge on any atom is -0.743 e. The minimum atomic E-state index is -6.58. The van der Waals surface area contributed by atoms with Crippen LogP contribution in [0, 0.1) is 23.7 Å². The van der Waals surface area contributed by atoms with Crippen molar-refractivity contribution in [3.05, 3.63) is 0 Å². The monoisotopic (exact) mass is 389 g/mol. The van der Waals surface area contributed by atoms with E-state index >= 15 is 0 Å². The summed E-state index contributed by atoms with van der Waals surface area (Å²) < 4.78 is 93.0. The van der Waals surface area contributed by atoms with Crippen molar-refractivity contribution in [2.24, 2.45) is 23.7 Å². The maximum Gasteiger partial charge on any atom is 0.396 e.